The molecule has 1 saturated heterocycles. The van der Waals surface area contributed by atoms with Crippen LogP contribution in [0.4, 0.5) is 0 Å². The summed E-state index contributed by atoms with van der Waals surface area (Å²) in [4.78, 5) is 12.6. The molecule has 0 radical (unpaired) electrons. The van der Waals surface area contributed by atoms with Gasteiger partial charge in [0.05, 0.1) is 13.3 Å². The summed E-state index contributed by atoms with van der Waals surface area (Å²) < 4.78 is 0. The Bertz CT molecular complexity index is 132. The number of hydrogen-bond acceptors (Lipinski definition) is 4. The second-order valence-corrected chi connectivity index (χ2v) is 3.09. The van der Waals surface area contributed by atoms with Gasteiger partial charge in [0.15, 0.2) is 6.29 Å². The highest BCUT2D eigenvalue weighted by atomic mass is 16.1. The number of carbonyl (C=O) groups is 1. The highest BCUT2D eigenvalue weighted by molar-refractivity contribution is 5.56. The van der Waals surface area contributed by atoms with Gasteiger partial charge in [-0.3, -0.25) is 15.5 Å². The Balaban J connectivity index is 2.12. The molecule has 70 valence electrons. The van der Waals surface area contributed by atoms with E-state index in [2.05, 4.69) is 22.5 Å². The van der Waals surface area contributed by atoms with Crippen molar-refractivity contribution in [2.45, 2.75) is 25.9 Å². The Morgan fingerprint density at radius 2 is 2.17 bits per heavy atom. The molecule has 1 aliphatic rings. The molecule has 0 bridgehead atoms. The molecule has 0 aromatic carbocycles. The van der Waals surface area contributed by atoms with Gasteiger partial charge in [-0.2, -0.15) is 0 Å². The fourth-order valence-corrected chi connectivity index (χ4v) is 1.22. The lowest BCUT2D eigenvalue weighted by Crippen LogP contribution is -2.58. The van der Waals surface area contributed by atoms with Crippen molar-refractivity contribution in [3.63, 3.8) is 0 Å². The van der Waals surface area contributed by atoms with Gasteiger partial charge in [-0.15, -0.1) is 0 Å². The van der Waals surface area contributed by atoms with E-state index in [4.69, 9.17) is 0 Å². The van der Waals surface area contributed by atoms with Gasteiger partial charge in [0, 0.05) is 6.54 Å². The van der Waals surface area contributed by atoms with Crippen LogP contribution in [0.5, 0.6) is 0 Å². The highest BCUT2D eigenvalue weighted by Gasteiger charge is 2.15. The summed E-state index contributed by atoms with van der Waals surface area (Å²) in [6.07, 6.45) is 3.18. The molecule has 0 aliphatic carbocycles. The van der Waals surface area contributed by atoms with Crippen molar-refractivity contribution >= 4 is 6.29 Å². The van der Waals surface area contributed by atoms with Crippen LogP contribution in [0.15, 0.2) is 0 Å². The van der Waals surface area contributed by atoms with Gasteiger partial charge >= 0.3 is 0 Å². The summed E-state index contributed by atoms with van der Waals surface area (Å²) in [5, 5.41) is 6.15. The van der Waals surface area contributed by atoms with Crippen LogP contribution in [-0.4, -0.2) is 37.2 Å². The van der Waals surface area contributed by atoms with E-state index in [1.807, 2.05) is 0 Å². The van der Waals surface area contributed by atoms with Crippen LogP contribution in [0.1, 0.15) is 19.8 Å². The summed E-state index contributed by atoms with van der Waals surface area (Å²) in [5.41, 5.74) is 0. The van der Waals surface area contributed by atoms with Crippen molar-refractivity contribution in [1.29, 1.82) is 0 Å². The summed E-state index contributed by atoms with van der Waals surface area (Å²) in [7, 11) is 0. The number of nitrogens with zero attached hydrogens (tertiary/aromatic N) is 1. The Kier molecular flexibility index (Phi) is 4.21. The lowest BCUT2D eigenvalue weighted by Gasteiger charge is -2.31. The number of nitrogens with one attached hydrogen (secondary N) is 2. The average molecular weight is 171 g/mol. The van der Waals surface area contributed by atoms with Crippen molar-refractivity contribution < 1.29 is 4.79 Å². The van der Waals surface area contributed by atoms with Gasteiger partial charge in [-0.05, 0) is 6.42 Å². The molecule has 1 fully saturated rings. The van der Waals surface area contributed by atoms with Gasteiger partial charge in [0.25, 0.3) is 0 Å². The number of aldehydes is 1. The molecule has 2 N–H and O–H groups in total. The monoisotopic (exact) mass is 171 g/mol. The van der Waals surface area contributed by atoms with E-state index in [0.717, 1.165) is 26.2 Å². The van der Waals surface area contributed by atoms with E-state index in [9.17, 15) is 4.79 Å². The van der Waals surface area contributed by atoms with E-state index >= 15 is 0 Å². The standard InChI is InChI=1S/C8H17N3O/c1-2-3-4-11-6-9-8(5-12)10-7-11/h5,8-10H,2-4,6-7H2,1H3. The van der Waals surface area contributed by atoms with Crippen LogP contribution in [0.25, 0.3) is 0 Å². The van der Waals surface area contributed by atoms with Gasteiger partial charge in [0.2, 0.25) is 0 Å². The lowest BCUT2D eigenvalue weighted by atomic mass is 10.3. The van der Waals surface area contributed by atoms with E-state index < -0.39 is 0 Å². The normalized spacial score (nSPS) is 21.1. The first-order valence-corrected chi connectivity index (χ1v) is 4.51. The minimum absolute atomic E-state index is 0.150. The van der Waals surface area contributed by atoms with Crippen molar-refractivity contribution in [3.8, 4) is 0 Å². The van der Waals surface area contributed by atoms with Gasteiger partial charge in [-0.25, -0.2) is 0 Å². The number of hydrogen-bond donors (Lipinski definition) is 2. The topological polar surface area (TPSA) is 44.4 Å². The number of rotatable bonds is 4. The molecular formula is C8H17N3O. The van der Waals surface area contributed by atoms with Crippen LogP contribution in [-0.2, 0) is 4.79 Å². The van der Waals surface area contributed by atoms with Crippen molar-refractivity contribution in [1.82, 2.24) is 15.5 Å². The lowest BCUT2D eigenvalue weighted by molar-refractivity contribution is -0.111. The first kappa shape index (κ1) is 9.64. The maximum atomic E-state index is 10.3. The molecule has 0 saturated carbocycles. The SMILES string of the molecule is CCCCN1CNC(C=O)NC1. The van der Waals surface area contributed by atoms with Gasteiger partial charge in [0.1, 0.15) is 6.17 Å². The summed E-state index contributed by atoms with van der Waals surface area (Å²) in [5.74, 6) is 0. The van der Waals surface area contributed by atoms with E-state index in [-0.39, 0.29) is 6.17 Å². The molecule has 4 heteroatoms. The Morgan fingerprint density at radius 3 is 2.67 bits per heavy atom. The molecule has 0 spiro atoms. The van der Waals surface area contributed by atoms with Crippen LogP contribution in [0, 0.1) is 0 Å². The van der Waals surface area contributed by atoms with Crippen LogP contribution in [0.2, 0.25) is 0 Å². The predicted molar refractivity (Wildman–Crippen MR) is 47.5 cm³/mol. The maximum Gasteiger partial charge on any atom is 0.151 e. The summed E-state index contributed by atoms with van der Waals surface area (Å²) in [6, 6.07) is 0. The zero-order valence-electron chi connectivity index (χ0n) is 7.55. The number of carbonyl (C=O) groups excluding carboxylic acids is 1. The number of unbranched alkanes of at least 4 members (excludes halogenated alkanes) is 1. The zero-order valence-corrected chi connectivity index (χ0v) is 7.55. The third-order valence-electron chi connectivity index (χ3n) is 2.03. The van der Waals surface area contributed by atoms with Gasteiger partial charge in [-0.1, -0.05) is 13.3 Å². The smallest absolute Gasteiger partial charge is 0.151 e. The zero-order chi connectivity index (χ0) is 8.81. The Labute approximate surface area is 73.3 Å². The summed E-state index contributed by atoms with van der Waals surface area (Å²) in [6.45, 7) is 4.91. The third-order valence-corrected chi connectivity index (χ3v) is 2.03. The van der Waals surface area contributed by atoms with E-state index in [1.165, 1.54) is 12.8 Å². The first-order chi connectivity index (χ1) is 5.86. The second-order valence-electron chi connectivity index (χ2n) is 3.09. The molecule has 12 heavy (non-hydrogen) atoms. The van der Waals surface area contributed by atoms with Crippen molar-refractivity contribution in [2.75, 3.05) is 19.9 Å². The molecule has 4 nitrogen and oxygen atoms in total. The van der Waals surface area contributed by atoms with Crippen molar-refractivity contribution in [3.05, 3.63) is 0 Å². The molecular weight excluding hydrogens is 154 g/mol. The van der Waals surface area contributed by atoms with Crippen LogP contribution in [0.3, 0.4) is 0 Å². The minimum Gasteiger partial charge on any atom is -0.300 e. The molecule has 0 aromatic heterocycles. The third kappa shape index (κ3) is 2.89. The fraction of sp³-hybridized carbons (Fsp3) is 0.875. The molecule has 0 aromatic rings. The molecule has 1 heterocycles. The molecule has 0 atom stereocenters. The van der Waals surface area contributed by atoms with Crippen LogP contribution >= 0.6 is 0 Å². The average Bonchev–Trinajstić information content (AvgIpc) is 2.15. The molecule has 0 amide bonds. The van der Waals surface area contributed by atoms with E-state index in [0.29, 0.717) is 0 Å². The van der Waals surface area contributed by atoms with E-state index in [1.54, 1.807) is 0 Å². The Morgan fingerprint density at radius 1 is 1.50 bits per heavy atom. The Hall–Kier alpha value is -0.450. The first-order valence-electron chi connectivity index (χ1n) is 4.51. The molecule has 1 aliphatic heterocycles. The minimum atomic E-state index is -0.150. The predicted octanol–water partition coefficient (Wildman–Crippen LogP) is -0.279. The molecule has 1 rings (SSSR count). The fourth-order valence-electron chi connectivity index (χ4n) is 1.22. The maximum absolute atomic E-state index is 10.3. The van der Waals surface area contributed by atoms with Crippen molar-refractivity contribution in [2.24, 2.45) is 0 Å². The largest absolute Gasteiger partial charge is 0.300 e. The van der Waals surface area contributed by atoms with Gasteiger partial charge < -0.3 is 4.79 Å². The highest BCUT2D eigenvalue weighted by Crippen LogP contribution is 1.95. The second kappa shape index (κ2) is 5.24. The molecule has 0 unspecified atom stereocenters. The van der Waals surface area contributed by atoms with Crippen LogP contribution < -0.4 is 10.6 Å². The quantitative estimate of drug-likeness (QED) is 0.571. The summed E-state index contributed by atoms with van der Waals surface area (Å²) >= 11 is 0.